The summed E-state index contributed by atoms with van der Waals surface area (Å²) < 4.78 is 59.3. The summed E-state index contributed by atoms with van der Waals surface area (Å²) in [7, 11) is -5.70. The smallest absolute Gasteiger partial charge is 0.402 e. The van der Waals surface area contributed by atoms with Gasteiger partial charge in [0, 0.05) is 0 Å². The maximum atomic E-state index is 13.0. The van der Waals surface area contributed by atoms with Crippen molar-refractivity contribution in [2.75, 3.05) is 6.61 Å². The van der Waals surface area contributed by atoms with E-state index in [2.05, 4.69) is 4.74 Å². The van der Waals surface area contributed by atoms with Crippen LogP contribution in [0.5, 0.6) is 0 Å². The molecule has 0 amide bonds. The molecule has 0 saturated heterocycles. The lowest BCUT2D eigenvalue weighted by atomic mass is 9.83. The monoisotopic (exact) mass is 326 g/mol. The van der Waals surface area contributed by atoms with Crippen LogP contribution < -0.4 is 0 Å². The number of aliphatic carboxylic acids is 1. The molecular formula is C11H12F2O7S. The highest BCUT2D eigenvalue weighted by Gasteiger charge is 2.53. The van der Waals surface area contributed by atoms with Crippen LogP contribution in [0.25, 0.3) is 0 Å². The molecule has 2 rings (SSSR count). The van der Waals surface area contributed by atoms with E-state index in [0.717, 1.165) is 0 Å². The molecule has 2 aliphatic carbocycles. The summed E-state index contributed by atoms with van der Waals surface area (Å²) in [5.74, 6) is -5.45. The first kappa shape index (κ1) is 15.8. The lowest BCUT2D eigenvalue weighted by molar-refractivity contribution is -0.162. The molecule has 1 saturated carbocycles. The predicted molar refractivity (Wildman–Crippen MR) is 62.8 cm³/mol. The topological polar surface area (TPSA) is 118 Å². The molecule has 2 bridgehead atoms. The van der Waals surface area contributed by atoms with E-state index in [4.69, 9.17) is 9.66 Å². The number of carboxylic acids is 1. The molecule has 0 heterocycles. The van der Waals surface area contributed by atoms with Crippen molar-refractivity contribution in [2.45, 2.75) is 11.7 Å². The van der Waals surface area contributed by atoms with Crippen molar-refractivity contribution in [3.05, 3.63) is 12.2 Å². The standard InChI is InChI=1S/C11H12F2O7S/c12-11(13,21(17,18)19)4-20-10(16)8-6-2-1-5(3-6)7(8)9(14)15/h1-2,5-8H,3-4H2,(H,14,15)(H,17,18,19). The number of esters is 1. The van der Waals surface area contributed by atoms with Gasteiger partial charge in [0.2, 0.25) is 0 Å². The highest BCUT2D eigenvalue weighted by molar-refractivity contribution is 7.86. The molecule has 0 radical (unpaired) electrons. The number of hydrogen-bond donors (Lipinski definition) is 2. The Bertz CT molecular complexity index is 598. The van der Waals surface area contributed by atoms with E-state index < -0.39 is 51.7 Å². The van der Waals surface area contributed by atoms with Gasteiger partial charge >= 0.3 is 27.3 Å². The summed E-state index contributed by atoms with van der Waals surface area (Å²) in [5, 5.41) is 4.46. The first-order chi connectivity index (χ1) is 9.54. The van der Waals surface area contributed by atoms with Crippen LogP contribution in [0.4, 0.5) is 8.78 Å². The number of fused-ring (bicyclic) bond motifs is 2. The minimum atomic E-state index is -5.70. The van der Waals surface area contributed by atoms with Gasteiger partial charge in [-0.15, -0.1) is 0 Å². The average Bonchev–Trinajstić information content (AvgIpc) is 2.94. The number of rotatable bonds is 5. The summed E-state index contributed by atoms with van der Waals surface area (Å²) >= 11 is 0. The molecule has 2 aliphatic rings. The normalized spacial score (nSPS) is 31.4. The molecule has 7 nitrogen and oxygen atoms in total. The molecule has 1 fully saturated rings. The Morgan fingerprint density at radius 2 is 1.76 bits per heavy atom. The predicted octanol–water partition coefficient (Wildman–Crippen LogP) is 0.533. The van der Waals surface area contributed by atoms with Crippen molar-refractivity contribution in [3.8, 4) is 0 Å². The second-order valence-electron chi connectivity index (χ2n) is 5.06. The number of alkyl halides is 2. The molecule has 0 spiro atoms. The van der Waals surface area contributed by atoms with E-state index in [1.54, 1.807) is 12.2 Å². The highest BCUT2D eigenvalue weighted by atomic mass is 32.2. The summed E-state index contributed by atoms with van der Waals surface area (Å²) in [5.41, 5.74) is 0. The lowest BCUT2D eigenvalue weighted by Gasteiger charge is -2.23. The zero-order valence-electron chi connectivity index (χ0n) is 10.5. The van der Waals surface area contributed by atoms with E-state index in [9.17, 15) is 26.8 Å². The van der Waals surface area contributed by atoms with Gasteiger partial charge in [-0.3, -0.25) is 14.1 Å². The average molecular weight is 326 g/mol. The Morgan fingerprint density at radius 3 is 2.24 bits per heavy atom. The number of hydrogen-bond acceptors (Lipinski definition) is 5. The van der Waals surface area contributed by atoms with Gasteiger partial charge in [-0.1, -0.05) is 12.2 Å². The van der Waals surface area contributed by atoms with E-state index >= 15 is 0 Å². The molecule has 4 unspecified atom stereocenters. The largest absolute Gasteiger partial charge is 0.481 e. The van der Waals surface area contributed by atoms with Crippen molar-refractivity contribution < 1.29 is 41.2 Å². The van der Waals surface area contributed by atoms with Gasteiger partial charge in [-0.25, -0.2) is 0 Å². The maximum absolute atomic E-state index is 13.0. The molecule has 118 valence electrons. The second-order valence-corrected chi connectivity index (χ2v) is 6.61. The highest BCUT2D eigenvalue weighted by Crippen LogP contribution is 2.48. The SMILES string of the molecule is O=C(O)C1C2C=CC(C2)C1C(=O)OCC(F)(F)S(=O)(=O)O. The van der Waals surface area contributed by atoms with Crippen molar-refractivity contribution >= 4 is 22.1 Å². The molecule has 4 atom stereocenters. The Hall–Kier alpha value is -1.55. The van der Waals surface area contributed by atoms with Gasteiger partial charge in [0.1, 0.15) is 0 Å². The number of halogens is 2. The van der Waals surface area contributed by atoms with Gasteiger partial charge < -0.3 is 9.84 Å². The van der Waals surface area contributed by atoms with E-state index in [-0.39, 0.29) is 5.92 Å². The number of ether oxygens (including phenoxy) is 1. The molecule has 2 N–H and O–H groups in total. The zero-order valence-corrected chi connectivity index (χ0v) is 11.3. The van der Waals surface area contributed by atoms with Gasteiger partial charge in [0.15, 0.2) is 6.61 Å². The van der Waals surface area contributed by atoms with Crippen LogP contribution in [0.15, 0.2) is 12.2 Å². The zero-order chi connectivity index (χ0) is 16.0. The van der Waals surface area contributed by atoms with Crippen LogP contribution in [0.1, 0.15) is 6.42 Å². The third-order valence-electron chi connectivity index (χ3n) is 3.78. The molecule has 0 aliphatic heterocycles. The quantitative estimate of drug-likeness (QED) is 0.430. The van der Waals surface area contributed by atoms with Gasteiger partial charge in [0.25, 0.3) is 0 Å². The van der Waals surface area contributed by atoms with Crippen LogP contribution >= 0.6 is 0 Å². The van der Waals surface area contributed by atoms with Gasteiger partial charge in [-0.2, -0.15) is 17.2 Å². The van der Waals surface area contributed by atoms with Crippen LogP contribution in [-0.2, 0) is 24.4 Å². The van der Waals surface area contributed by atoms with E-state index in [0.29, 0.717) is 6.42 Å². The number of allylic oxidation sites excluding steroid dienone is 2. The number of carbonyl (C=O) groups excluding carboxylic acids is 1. The van der Waals surface area contributed by atoms with Crippen LogP contribution in [-0.4, -0.2) is 41.9 Å². The van der Waals surface area contributed by atoms with Crippen LogP contribution in [0, 0.1) is 23.7 Å². The minimum Gasteiger partial charge on any atom is -0.481 e. The summed E-state index contributed by atoms with van der Waals surface area (Å²) in [6.07, 6.45) is 3.68. The molecule has 21 heavy (non-hydrogen) atoms. The van der Waals surface area contributed by atoms with Gasteiger partial charge in [-0.05, 0) is 18.3 Å². The van der Waals surface area contributed by atoms with E-state index in [1.807, 2.05) is 0 Å². The maximum Gasteiger partial charge on any atom is 0.402 e. The lowest BCUT2D eigenvalue weighted by Crippen LogP contribution is -2.39. The summed E-state index contributed by atoms with van der Waals surface area (Å²) in [6.45, 7) is -1.85. The summed E-state index contributed by atoms with van der Waals surface area (Å²) in [4.78, 5) is 22.9. The van der Waals surface area contributed by atoms with Crippen LogP contribution in [0.2, 0.25) is 0 Å². The third kappa shape index (κ3) is 2.77. The fraction of sp³-hybridized carbons (Fsp3) is 0.636. The number of carboxylic acid groups (broad SMARTS) is 1. The molecular weight excluding hydrogens is 314 g/mol. The van der Waals surface area contributed by atoms with Crippen molar-refractivity contribution in [2.24, 2.45) is 23.7 Å². The molecule has 10 heteroatoms. The van der Waals surface area contributed by atoms with E-state index in [1.165, 1.54) is 0 Å². The Labute approximate surface area is 118 Å². The van der Waals surface area contributed by atoms with Crippen molar-refractivity contribution in [1.82, 2.24) is 0 Å². The Kier molecular flexibility index (Phi) is 3.79. The third-order valence-corrected chi connectivity index (χ3v) is 4.65. The van der Waals surface area contributed by atoms with Crippen molar-refractivity contribution in [3.63, 3.8) is 0 Å². The fourth-order valence-corrected chi connectivity index (χ4v) is 3.01. The molecule has 0 aromatic heterocycles. The fourth-order valence-electron chi connectivity index (χ4n) is 2.81. The number of carbonyl (C=O) groups is 2. The first-order valence-electron chi connectivity index (χ1n) is 5.97. The second kappa shape index (κ2) is 5.02. The Balaban J connectivity index is 2.07. The minimum absolute atomic E-state index is 0.368. The first-order valence-corrected chi connectivity index (χ1v) is 7.41. The Morgan fingerprint density at radius 1 is 1.24 bits per heavy atom. The summed E-state index contributed by atoms with van der Waals surface area (Å²) in [6, 6.07) is 0. The van der Waals surface area contributed by atoms with Crippen molar-refractivity contribution in [1.29, 1.82) is 0 Å². The molecule has 0 aromatic carbocycles. The molecule has 0 aromatic rings. The van der Waals surface area contributed by atoms with Crippen LogP contribution in [0.3, 0.4) is 0 Å². The van der Waals surface area contributed by atoms with Gasteiger partial charge in [0.05, 0.1) is 11.8 Å².